The second kappa shape index (κ2) is 5.54. The van der Waals surface area contributed by atoms with Crippen molar-refractivity contribution in [3.8, 4) is 0 Å². The molecule has 2 atom stereocenters. The Morgan fingerprint density at radius 2 is 2.33 bits per heavy atom. The third-order valence-electron chi connectivity index (χ3n) is 3.17. The summed E-state index contributed by atoms with van der Waals surface area (Å²) in [7, 11) is 0. The second-order valence-corrected chi connectivity index (χ2v) is 4.63. The summed E-state index contributed by atoms with van der Waals surface area (Å²) >= 11 is 0. The van der Waals surface area contributed by atoms with Gasteiger partial charge in [-0.3, -0.25) is 4.79 Å². The van der Waals surface area contributed by atoms with Gasteiger partial charge in [0.25, 0.3) is 5.91 Å². The van der Waals surface area contributed by atoms with Crippen LogP contribution < -0.4 is 5.73 Å². The molecule has 0 radical (unpaired) electrons. The van der Waals surface area contributed by atoms with Crippen LogP contribution in [0.25, 0.3) is 0 Å². The number of hydrogen-bond acceptors (Lipinski definition) is 4. The van der Waals surface area contributed by atoms with Gasteiger partial charge in [-0.15, -0.1) is 0 Å². The molecule has 18 heavy (non-hydrogen) atoms. The minimum atomic E-state index is -0.0744. The molecule has 5 heteroatoms. The van der Waals surface area contributed by atoms with Gasteiger partial charge in [0.05, 0.1) is 24.0 Å². The number of carbonyl (C=O) groups excluding carboxylic acids is 1. The van der Waals surface area contributed by atoms with Crippen LogP contribution in [0.2, 0.25) is 0 Å². The molecule has 1 fully saturated rings. The zero-order chi connectivity index (χ0) is 13.1. The van der Waals surface area contributed by atoms with Gasteiger partial charge in [-0.25, -0.2) is 0 Å². The van der Waals surface area contributed by atoms with Crippen molar-refractivity contribution in [1.29, 1.82) is 0 Å². The molecule has 5 nitrogen and oxygen atoms in total. The molecular formula is C13H20N2O3. The Morgan fingerprint density at radius 1 is 1.56 bits per heavy atom. The average molecular weight is 252 g/mol. The van der Waals surface area contributed by atoms with Crippen molar-refractivity contribution in [1.82, 2.24) is 4.90 Å². The number of aryl methyl sites for hydroxylation is 1. The normalized spacial score (nSPS) is 24.3. The molecular weight excluding hydrogens is 232 g/mol. The van der Waals surface area contributed by atoms with Crippen molar-refractivity contribution in [3.63, 3.8) is 0 Å². The molecule has 1 saturated heterocycles. The van der Waals surface area contributed by atoms with Gasteiger partial charge in [-0.05, 0) is 13.0 Å². The van der Waals surface area contributed by atoms with Crippen LogP contribution >= 0.6 is 0 Å². The SMILES string of the molecule is CCc1occc1C(=O)N1CC(C)OC(CN)C1. The Balaban J connectivity index is 2.13. The molecule has 100 valence electrons. The van der Waals surface area contributed by atoms with E-state index in [1.807, 2.05) is 13.8 Å². The molecule has 2 heterocycles. The Hall–Kier alpha value is -1.33. The van der Waals surface area contributed by atoms with E-state index in [9.17, 15) is 4.79 Å². The monoisotopic (exact) mass is 252 g/mol. The number of ether oxygens (including phenoxy) is 1. The highest BCUT2D eigenvalue weighted by atomic mass is 16.5. The van der Waals surface area contributed by atoms with Gasteiger partial charge in [0.1, 0.15) is 5.76 Å². The Kier molecular flexibility index (Phi) is 4.04. The first kappa shape index (κ1) is 13.1. The molecule has 1 aromatic heterocycles. The molecule has 0 saturated carbocycles. The summed E-state index contributed by atoms with van der Waals surface area (Å²) < 4.78 is 10.9. The van der Waals surface area contributed by atoms with Crippen LogP contribution in [-0.2, 0) is 11.2 Å². The molecule has 2 unspecified atom stereocenters. The van der Waals surface area contributed by atoms with E-state index in [1.54, 1.807) is 17.2 Å². The van der Waals surface area contributed by atoms with Gasteiger partial charge < -0.3 is 19.8 Å². The van der Waals surface area contributed by atoms with E-state index in [0.29, 0.717) is 31.6 Å². The second-order valence-electron chi connectivity index (χ2n) is 4.63. The van der Waals surface area contributed by atoms with Crippen LogP contribution in [-0.4, -0.2) is 42.6 Å². The molecule has 2 rings (SSSR count). The highest BCUT2D eigenvalue weighted by Gasteiger charge is 2.29. The zero-order valence-corrected chi connectivity index (χ0v) is 10.9. The number of carbonyl (C=O) groups is 1. The van der Waals surface area contributed by atoms with E-state index in [2.05, 4.69) is 0 Å². The highest BCUT2D eigenvalue weighted by Crippen LogP contribution is 2.18. The third-order valence-corrected chi connectivity index (χ3v) is 3.17. The van der Waals surface area contributed by atoms with Crippen LogP contribution in [0, 0.1) is 0 Å². The lowest BCUT2D eigenvalue weighted by molar-refractivity contribution is -0.0626. The van der Waals surface area contributed by atoms with Gasteiger partial charge in [0, 0.05) is 26.1 Å². The smallest absolute Gasteiger partial charge is 0.257 e. The first-order valence-electron chi connectivity index (χ1n) is 6.36. The van der Waals surface area contributed by atoms with E-state index in [-0.39, 0.29) is 18.1 Å². The van der Waals surface area contributed by atoms with Crippen molar-refractivity contribution in [2.75, 3.05) is 19.6 Å². The topological polar surface area (TPSA) is 68.7 Å². The lowest BCUT2D eigenvalue weighted by atomic mass is 10.1. The molecule has 1 aromatic rings. The number of amides is 1. The number of furan rings is 1. The Bertz CT molecular complexity index is 416. The van der Waals surface area contributed by atoms with Crippen LogP contribution in [0.5, 0.6) is 0 Å². The molecule has 0 aromatic carbocycles. The summed E-state index contributed by atoms with van der Waals surface area (Å²) in [6.07, 6.45) is 2.23. The lowest BCUT2D eigenvalue weighted by Gasteiger charge is -2.36. The number of nitrogens with zero attached hydrogens (tertiary/aromatic N) is 1. The predicted molar refractivity (Wildman–Crippen MR) is 67.4 cm³/mol. The summed E-state index contributed by atoms with van der Waals surface area (Å²) in [6, 6.07) is 1.73. The molecule has 2 N–H and O–H groups in total. The summed E-state index contributed by atoms with van der Waals surface area (Å²) in [4.78, 5) is 14.2. The highest BCUT2D eigenvalue weighted by molar-refractivity contribution is 5.95. The maximum absolute atomic E-state index is 12.4. The average Bonchev–Trinajstić information content (AvgIpc) is 2.85. The maximum Gasteiger partial charge on any atom is 0.257 e. The fraction of sp³-hybridized carbons (Fsp3) is 0.615. The molecule has 1 amide bonds. The number of morpholine rings is 1. The minimum Gasteiger partial charge on any atom is -0.469 e. The Labute approximate surface area is 107 Å². The lowest BCUT2D eigenvalue weighted by Crippen LogP contribution is -2.51. The van der Waals surface area contributed by atoms with Crippen LogP contribution in [0.4, 0.5) is 0 Å². The van der Waals surface area contributed by atoms with E-state index >= 15 is 0 Å². The van der Waals surface area contributed by atoms with Crippen LogP contribution in [0.1, 0.15) is 30.0 Å². The summed E-state index contributed by atoms with van der Waals surface area (Å²) in [5.41, 5.74) is 6.28. The largest absolute Gasteiger partial charge is 0.469 e. The summed E-state index contributed by atoms with van der Waals surface area (Å²) in [5, 5.41) is 0. The van der Waals surface area contributed by atoms with E-state index in [4.69, 9.17) is 14.9 Å². The quantitative estimate of drug-likeness (QED) is 0.872. The number of rotatable bonds is 3. The van der Waals surface area contributed by atoms with E-state index < -0.39 is 0 Å². The van der Waals surface area contributed by atoms with Gasteiger partial charge in [0.2, 0.25) is 0 Å². The van der Waals surface area contributed by atoms with Crippen molar-refractivity contribution in [2.45, 2.75) is 32.5 Å². The molecule has 0 bridgehead atoms. The third kappa shape index (κ3) is 2.57. The number of hydrogen-bond donors (Lipinski definition) is 1. The maximum atomic E-state index is 12.4. The molecule has 0 aliphatic carbocycles. The zero-order valence-electron chi connectivity index (χ0n) is 10.9. The first-order chi connectivity index (χ1) is 8.65. The van der Waals surface area contributed by atoms with E-state index in [1.165, 1.54) is 0 Å². The molecule has 1 aliphatic heterocycles. The Morgan fingerprint density at radius 3 is 3.00 bits per heavy atom. The van der Waals surface area contributed by atoms with Crippen molar-refractivity contribution < 1.29 is 13.9 Å². The first-order valence-corrected chi connectivity index (χ1v) is 6.36. The van der Waals surface area contributed by atoms with Crippen molar-refractivity contribution in [2.24, 2.45) is 5.73 Å². The van der Waals surface area contributed by atoms with Gasteiger partial charge in [-0.2, -0.15) is 0 Å². The number of nitrogens with two attached hydrogens (primary N) is 1. The van der Waals surface area contributed by atoms with Gasteiger partial charge in [-0.1, -0.05) is 6.92 Å². The summed E-state index contributed by atoms with van der Waals surface area (Å²) in [6.45, 7) is 5.51. The summed E-state index contributed by atoms with van der Waals surface area (Å²) in [5.74, 6) is 0.748. The standard InChI is InChI=1S/C13H20N2O3/c1-3-12-11(4-5-17-12)13(16)15-7-9(2)18-10(6-14)8-15/h4-5,9-10H,3,6-8,14H2,1-2H3. The van der Waals surface area contributed by atoms with E-state index in [0.717, 1.165) is 5.76 Å². The van der Waals surface area contributed by atoms with Crippen molar-refractivity contribution >= 4 is 5.91 Å². The fourth-order valence-electron chi connectivity index (χ4n) is 2.32. The van der Waals surface area contributed by atoms with Crippen molar-refractivity contribution in [3.05, 3.63) is 23.7 Å². The van der Waals surface area contributed by atoms with Gasteiger partial charge in [0.15, 0.2) is 0 Å². The predicted octanol–water partition coefficient (Wildman–Crippen LogP) is 1.03. The molecule has 1 aliphatic rings. The molecule has 0 spiro atoms. The van der Waals surface area contributed by atoms with Crippen LogP contribution in [0.15, 0.2) is 16.7 Å². The minimum absolute atomic E-state index is 0.00852. The fourth-order valence-corrected chi connectivity index (χ4v) is 2.32. The van der Waals surface area contributed by atoms with Crippen LogP contribution in [0.3, 0.4) is 0 Å². The van der Waals surface area contributed by atoms with Gasteiger partial charge >= 0.3 is 0 Å².